The van der Waals surface area contributed by atoms with Crippen LogP contribution < -0.4 is 14.5 Å². The van der Waals surface area contributed by atoms with Crippen LogP contribution in [-0.4, -0.2) is 50.1 Å². The molecule has 32 heavy (non-hydrogen) atoms. The van der Waals surface area contributed by atoms with E-state index in [-0.39, 0.29) is 34.0 Å². The fourth-order valence-electron chi connectivity index (χ4n) is 3.41. The van der Waals surface area contributed by atoms with E-state index >= 15 is 0 Å². The number of carbonyl (C=O) groups is 2. The predicted octanol–water partition coefficient (Wildman–Crippen LogP) is 3.18. The van der Waals surface area contributed by atoms with Gasteiger partial charge in [-0.25, -0.2) is 31.7 Å². The number of nitrogens with zero attached hydrogens (tertiary/aromatic N) is 3. The molecule has 174 valence electrons. The second-order valence-electron chi connectivity index (χ2n) is 7.25. The van der Waals surface area contributed by atoms with E-state index in [1.54, 1.807) is 0 Å². The third kappa shape index (κ3) is 5.40. The Kier molecular flexibility index (Phi) is 7.41. The van der Waals surface area contributed by atoms with Crippen LogP contribution in [0.2, 0.25) is 0 Å². The smallest absolute Gasteiger partial charge is 0.330 e. The minimum atomic E-state index is -3.99. The Morgan fingerprint density at radius 3 is 2.56 bits per heavy atom. The lowest BCUT2D eigenvalue weighted by atomic mass is 10.1. The van der Waals surface area contributed by atoms with Crippen LogP contribution >= 0.6 is 11.3 Å². The van der Waals surface area contributed by atoms with Gasteiger partial charge >= 0.3 is 12.0 Å². The van der Waals surface area contributed by atoms with Crippen molar-refractivity contribution >= 4 is 44.2 Å². The van der Waals surface area contributed by atoms with Gasteiger partial charge in [-0.05, 0) is 25.0 Å². The van der Waals surface area contributed by atoms with Crippen LogP contribution in [0.3, 0.4) is 0 Å². The highest BCUT2D eigenvalue weighted by atomic mass is 32.2. The van der Waals surface area contributed by atoms with Gasteiger partial charge in [-0.1, -0.05) is 24.2 Å². The first-order valence-corrected chi connectivity index (χ1v) is 12.1. The van der Waals surface area contributed by atoms with Crippen LogP contribution in [0.25, 0.3) is 0 Å². The third-order valence-electron chi connectivity index (χ3n) is 5.02. The van der Waals surface area contributed by atoms with Gasteiger partial charge in [0, 0.05) is 31.4 Å². The summed E-state index contributed by atoms with van der Waals surface area (Å²) in [7, 11) is -2.58. The van der Waals surface area contributed by atoms with Crippen molar-refractivity contribution in [2.75, 3.05) is 23.4 Å². The highest BCUT2D eigenvalue weighted by Crippen LogP contribution is 2.32. The van der Waals surface area contributed by atoms with E-state index in [4.69, 9.17) is 5.11 Å². The van der Waals surface area contributed by atoms with Crippen molar-refractivity contribution in [1.29, 1.82) is 0 Å². The minimum Gasteiger partial charge on any atom is -0.481 e. The van der Waals surface area contributed by atoms with Gasteiger partial charge in [0.15, 0.2) is 21.0 Å². The fraction of sp³-hybridized carbons (Fsp3) is 0.421. The summed E-state index contributed by atoms with van der Waals surface area (Å²) >= 11 is 0.731. The maximum absolute atomic E-state index is 13.9. The second-order valence-corrected chi connectivity index (χ2v) is 10.3. The van der Waals surface area contributed by atoms with Crippen molar-refractivity contribution in [3.05, 3.63) is 36.0 Å². The predicted molar refractivity (Wildman–Crippen MR) is 114 cm³/mol. The first-order chi connectivity index (χ1) is 15.1. The van der Waals surface area contributed by atoms with Crippen molar-refractivity contribution in [3.63, 3.8) is 0 Å². The molecule has 0 spiro atoms. The molecule has 0 atom stereocenters. The van der Waals surface area contributed by atoms with Crippen molar-refractivity contribution in [3.8, 4) is 0 Å². The Hall–Kier alpha value is -2.64. The molecule has 1 aromatic carbocycles. The van der Waals surface area contributed by atoms with E-state index in [0.717, 1.165) is 47.4 Å². The lowest BCUT2D eigenvalue weighted by Crippen LogP contribution is -2.46. The number of sulfonamides is 1. The number of nitrogens with one attached hydrogen (secondary N) is 1. The molecule has 1 saturated carbocycles. The molecule has 1 aliphatic rings. The van der Waals surface area contributed by atoms with Crippen LogP contribution in [0.15, 0.2) is 28.6 Å². The van der Waals surface area contributed by atoms with Crippen molar-refractivity contribution in [2.45, 2.75) is 42.4 Å². The van der Waals surface area contributed by atoms with E-state index in [1.165, 1.54) is 18.0 Å². The summed E-state index contributed by atoms with van der Waals surface area (Å²) in [5, 5.41) is 8.73. The quantitative estimate of drug-likeness (QED) is 0.589. The standard InChI is InChI=1S/C19H22F2N4O5S2/c1-24(18-22-11-17(31-18)32(29,30)23-9-8-16(26)27)19(28)25(12-4-2-3-5-12)13-6-7-14(20)15(21)10-13/h6-7,10-12,23H,2-5,8-9H2,1H3,(H,26,27). The van der Waals surface area contributed by atoms with Crippen LogP contribution in [0.4, 0.5) is 24.4 Å². The number of aromatic nitrogens is 1. The zero-order valence-electron chi connectivity index (χ0n) is 17.1. The number of carboxylic acids is 1. The van der Waals surface area contributed by atoms with Crippen molar-refractivity contribution in [1.82, 2.24) is 9.71 Å². The summed E-state index contributed by atoms with van der Waals surface area (Å²) in [6.07, 6.45) is 3.87. The Morgan fingerprint density at radius 2 is 1.94 bits per heavy atom. The van der Waals surface area contributed by atoms with Gasteiger partial charge in [0.1, 0.15) is 0 Å². The number of benzene rings is 1. The van der Waals surface area contributed by atoms with Gasteiger partial charge in [0.25, 0.3) is 10.0 Å². The van der Waals surface area contributed by atoms with E-state index < -0.39 is 33.7 Å². The van der Waals surface area contributed by atoms with Crippen LogP contribution in [0.5, 0.6) is 0 Å². The monoisotopic (exact) mass is 488 g/mol. The SMILES string of the molecule is CN(C(=O)N(c1ccc(F)c(F)c1)C1CCCC1)c1ncc(S(=O)(=O)NCCC(=O)O)s1. The van der Waals surface area contributed by atoms with Crippen molar-refractivity contribution in [2.24, 2.45) is 0 Å². The molecule has 0 saturated heterocycles. The molecule has 3 rings (SSSR count). The van der Waals surface area contributed by atoms with E-state index in [1.807, 2.05) is 0 Å². The van der Waals surface area contributed by atoms with Gasteiger partial charge in [-0.3, -0.25) is 14.6 Å². The number of rotatable bonds is 8. The molecule has 0 unspecified atom stereocenters. The van der Waals surface area contributed by atoms with E-state index in [9.17, 15) is 26.8 Å². The highest BCUT2D eigenvalue weighted by molar-refractivity contribution is 7.91. The molecule has 2 amide bonds. The number of aliphatic carboxylic acids is 1. The van der Waals surface area contributed by atoms with Gasteiger partial charge in [-0.15, -0.1) is 0 Å². The van der Waals surface area contributed by atoms with E-state index in [2.05, 4.69) is 9.71 Å². The maximum atomic E-state index is 13.9. The Bertz CT molecular complexity index is 1100. The lowest BCUT2D eigenvalue weighted by Gasteiger charge is -2.32. The largest absolute Gasteiger partial charge is 0.481 e. The first kappa shape index (κ1) is 24.0. The second kappa shape index (κ2) is 9.88. The van der Waals surface area contributed by atoms with Crippen molar-refractivity contribution < 1.29 is 31.9 Å². The van der Waals surface area contributed by atoms with Gasteiger partial charge in [0.05, 0.1) is 12.6 Å². The number of thiazole rings is 1. The normalized spacial score (nSPS) is 14.5. The zero-order valence-corrected chi connectivity index (χ0v) is 18.8. The molecule has 1 aliphatic carbocycles. The summed E-state index contributed by atoms with van der Waals surface area (Å²) < 4.78 is 53.9. The molecule has 2 N–H and O–H groups in total. The number of anilines is 2. The molecule has 9 nitrogen and oxygen atoms in total. The summed E-state index contributed by atoms with van der Waals surface area (Å²) in [4.78, 5) is 30.4. The van der Waals surface area contributed by atoms with E-state index in [0.29, 0.717) is 12.8 Å². The van der Waals surface area contributed by atoms with Gasteiger partial charge < -0.3 is 5.11 Å². The van der Waals surface area contributed by atoms with Crippen LogP contribution in [-0.2, 0) is 14.8 Å². The highest BCUT2D eigenvalue weighted by Gasteiger charge is 2.32. The molecule has 0 aliphatic heterocycles. The van der Waals surface area contributed by atoms with Gasteiger partial charge in [-0.2, -0.15) is 0 Å². The fourth-order valence-corrected chi connectivity index (χ4v) is 5.56. The molecule has 13 heteroatoms. The molecule has 0 bridgehead atoms. The number of urea groups is 1. The molecular formula is C19H22F2N4O5S2. The summed E-state index contributed by atoms with van der Waals surface area (Å²) in [5.74, 6) is -3.24. The molecular weight excluding hydrogens is 466 g/mol. The van der Waals surface area contributed by atoms with Crippen LogP contribution in [0.1, 0.15) is 32.1 Å². The Balaban J connectivity index is 1.83. The maximum Gasteiger partial charge on any atom is 0.330 e. The molecule has 1 heterocycles. The summed E-state index contributed by atoms with van der Waals surface area (Å²) in [6, 6.07) is 2.48. The minimum absolute atomic E-state index is 0.0826. The Morgan fingerprint density at radius 1 is 1.25 bits per heavy atom. The number of hydrogen-bond donors (Lipinski definition) is 2. The first-order valence-electron chi connectivity index (χ1n) is 9.79. The lowest BCUT2D eigenvalue weighted by molar-refractivity contribution is -0.136. The molecule has 1 aromatic heterocycles. The molecule has 2 aromatic rings. The van der Waals surface area contributed by atoms with Crippen LogP contribution in [0, 0.1) is 11.6 Å². The average molecular weight is 489 g/mol. The average Bonchev–Trinajstić information content (AvgIpc) is 3.42. The topological polar surface area (TPSA) is 120 Å². The number of carboxylic acid groups (broad SMARTS) is 1. The number of amides is 2. The summed E-state index contributed by atoms with van der Waals surface area (Å²) in [6.45, 7) is -0.286. The Labute approximate surface area is 187 Å². The zero-order chi connectivity index (χ0) is 23.5. The third-order valence-corrected chi connectivity index (χ3v) is 8.02. The summed E-state index contributed by atoms with van der Waals surface area (Å²) in [5.41, 5.74) is 0.201. The molecule has 1 fully saturated rings. The number of hydrogen-bond acceptors (Lipinski definition) is 6. The van der Waals surface area contributed by atoms with Gasteiger partial charge in [0.2, 0.25) is 0 Å². The molecule has 0 radical (unpaired) electrons. The number of halogens is 2. The number of carbonyl (C=O) groups excluding carboxylic acids is 1.